The molecule has 20 heavy (non-hydrogen) atoms. The van der Waals surface area contributed by atoms with Crippen molar-refractivity contribution in [2.24, 2.45) is 5.41 Å². The van der Waals surface area contributed by atoms with Crippen molar-refractivity contribution in [3.05, 3.63) is 24.3 Å². The van der Waals surface area contributed by atoms with Gasteiger partial charge in [0.05, 0.1) is 0 Å². The Kier molecular flexibility index (Phi) is 4.53. The second-order valence-corrected chi connectivity index (χ2v) is 6.26. The van der Waals surface area contributed by atoms with Crippen LogP contribution < -0.4 is 10.5 Å². The molecule has 1 amide bonds. The minimum Gasteiger partial charge on any atom is -0.484 e. The molecular weight excluding hydrogens is 252 g/mol. The minimum absolute atomic E-state index is 0.0690. The van der Waals surface area contributed by atoms with E-state index < -0.39 is 0 Å². The Morgan fingerprint density at radius 1 is 1.25 bits per heavy atom. The maximum absolute atomic E-state index is 12.2. The average molecular weight is 276 g/mol. The first-order chi connectivity index (χ1) is 9.46. The molecule has 0 unspecified atom stereocenters. The van der Waals surface area contributed by atoms with E-state index >= 15 is 0 Å². The number of carbonyl (C=O) groups is 1. The zero-order chi connectivity index (χ0) is 14.6. The summed E-state index contributed by atoms with van der Waals surface area (Å²) in [5.41, 5.74) is 6.64. The van der Waals surface area contributed by atoms with Gasteiger partial charge < -0.3 is 15.4 Å². The Morgan fingerprint density at radius 2 is 1.95 bits per heavy atom. The van der Waals surface area contributed by atoms with Crippen LogP contribution in [0, 0.1) is 5.41 Å². The molecule has 0 spiro atoms. The Labute approximate surface area is 120 Å². The fraction of sp³-hybridized carbons (Fsp3) is 0.562. The van der Waals surface area contributed by atoms with Crippen LogP contribution in [-0.2, 0) is 4.79 Å². The third-order valence-electron chi connectivity index (χ3n) is 3.94. The maximum Gasteiger partial charge on any atom is 0.260 e. The molecule has 1 fully saturated rings. The van der Waals surface area contributed by atoms with Crippen molar-refractivity contribution in [2.45, 2.75) is 33.1 Å². The van der Waals surface area contributed by atoms with Crippen molar-refractivity contribution in [1.29, 1.82) is 0 Å². The number of nitrogens with zero attached hydrogens (tertiary/aromatic N) is 1. The molecule has 0 atom stereocenters. The molecular formula is C16H24N2O2. The van der Waals surface area contributed by atoms with E-state index in [1.165, 1.54) is 6.42 Å². The van der Waals surface area contributed by atoms with E-state index in [1.807, 2.05) is 4.90 Å². The molecule has 4 nitrogen and oxygen atoms in total. The molecule has 2 N–H and O–H groups in total. The summed E-state index contributed by atoms with van der Waals surface area (Å²) < 4.78 is 5.52. The molecule has 4 heteroatoms. The lowest BCUT2D eigenvalue weighted by Crippen LogP contribution is -2.36. The molecule has 110 valence electrons. The predicted molar refractivity (Wildman–Crippen MR) is 80.6 cm³/mol. The van der Waals surface area contributed by atoms with E-state index in [-0.39, 0.29) is 12.5 Å². The molecule has 0 saturated carbocycles. The lowest BCUT2D eigenvalue weighted by Gasteiger charge is -2.23. The molecule has 1 aliphatic heterocycles. The van der Waals surface area contributed by atoms with Crippen molar-refractivity contribution in [3.8, 4) is 5.75 Å². The van der Waals surface area contributed by atoms with Gasteiger partial charge in [0, 0.05) is 18.8 Å². The van der Waals surface area contributed by atoms with Crippen LogP contribution in [-0.4, -0.2) is 30.5 Å². The number of hydrogen-bond donors (Lipinski definition) is 1. The van der Waals surface area contributed by atoms with E-state index in [0.29, 0.717) is 16.9 Å². The quantitative estimate of drug-likeness (QED) is 0.864. The molecule has 0 radical (unpaired) electrons. The van der Waals surface area contributed by atoms with E-state index in [1.54, 1.807) is 24.3 Å². The highest BCUT2D eigenvalue weighted by atomic mass is 16.5. The summed E-state index contributed by atoms with van der Waals surface area (Å²) in [4.78, 5) is 14.1. The Bertz CT molecular complexity index is 454. The third kappa shape index (κ3) is 4.15. The number of likely N-dealkylation sites (tertiary alicyclic amines) is 1. The van der Waals surface area contributed by atoms with Gasteiger partial charge in [-0.1, -0.05) is 13.8 Å². The molecule has 1 aliphatic rings. The van der Waals surface area contributed by atoms with Crippen LogP contribution in [0.4, 0.5) is 5.69 Å². The first kappa shape index (κ1) is 14.7. The van der Waals surface area contributed by atoms with Gasteiger partial charge in [-0.15, -0.1) is 0 Å². The highest BCUT2D eigenvalue weighted by Gasteiger charge is 2.25. The minimum atomic E-state index is 0.0690. The molecule has 1 aromatic carbocycles. The summed E-state index contributed by atoms with van der Waals surface area (Å²) in [6.45, 7) is 6.31. The van der Waals surface area contributed by atoms with Crippen LogP contribution in [0.3, 0.4) is 0 Å². The van der Waals surface area contributed by atoms with Gasteiger partial charge in [-0.25, -0.2) is 0 Å². The molecule has 1 saturated heterocycles. The second-order valence-electron chi connectivity index (χ2n) is 6.26. The number of nitrogen functional groups attached to an aromatic ring is 1. The van der Waals surface area contributed by atoms with E-state index in [9.17, 15) is 4.79 Å². The fourth-order valence-electron chi connectivity index (χ4n) is 2.47. The number of hydrogen-bond acceptors (Lipinski definition) is 3. The highest BCUT2D eigenvalue weighted by Crippen LogP contribution is 2.29. The molecule has 0 aliphatic carbocycles. The van der Waals surface area contributed by atoms with Gasteiger partial charge >= 0.3 is 0 Å². The maximum atomic E-state index is 12.2. The summed E-state index contributed by atoms with van der Waals surface area (Å²) in [6, 6.07) is 7.12. The van der Waals surface area contributed by atoms with Crippen LogP contribution in [0.5, 0.6) is 5.75 Å². The van der Waals surface area contributed by atoms with Crippen molar-refractivity contribution >= 4 is 11.6 Å². The van der Waals surface area contributed by atoms with Gasteiger partial charge in [-0.05, 0) is 48.9 Å². The number of amides is 1. The van der Waals surface area contributed by atoms with Crippen LogP contribution in [0.2, 0.25) is 0 Å². The van der Waals surface area contributed by atoms with Gasteiger partial charge in [-0.2, -0.15) is 0 Å². The summed E-state index contributed by atoms with van der Waals surface area (Å²) in [5, 5.41) is 0. The Morgan fingerprint density at radius 3 is 2.65 bits per heavy atom. The van der Waals surface area contributed by atoms with Crippen LogP contribution in [0.1, 0.15) is 33.1 Å². The largest absolute Gasteiger partial charge is 0.484 e. The molecule has 2 rings (SSSR count). The molecule has 1 aromatic rings. The van der Waals surface area contributed by atoms with E-state index in [0.717, 1.165) is 25.9 Å². The average Bonchev–Trinajstić information content (AvgIpc) is 2.59. The molecule has 1 heterocycles. The number of nitrogens with two attached hydrogens (primary N) is 1. The zero-order valence-electron chi connectivity index (χ0n) is 12.4. The normalized spacial score (nSPS) is 18.4. The van der Waals surface area contributed by atoms with E-state index in [4.69, 9.17) is 10.5 Å². The van der Waals surface area contributed by atoms with Gasteiger partial charge in [0.1, 0.15) is 5.75 Å². The fourth-order valence-corrected chi connectivity index (χ4v) is 2.47. The Balaban J connectivity index is 1.84. The standard InChI is InChI=1S/C16H24N2O2/c1-16(2)8-3-10-18(11-9-16)15(19)12-20-14-6-4-13(17)5-7-14/h4-7H,3,8-12,17H2,1-2H3. The summed E-state index contributed by atoms with van der Waals surface area (Å²) in [5.74, 6) is 0.752. The van der Waals surface area contributed by atoms with Gasteiger partial charge in [-0.3, -0.25) is 4.79 Å². The summed E-state index contributed by atoms with van der Waals surface area (Å²) in [7, 11) is 0. The SMILES string of the molecule is CC1(C)CCCN(C(=O)COc2ccc(N)cc2)CC1. The Hall–Kier alpha value is -1.71. The number of carbonyl (C=O) groups excluding carboxylic acids is 1. The number of ether oxygens (including phenoxy) is 1. The van der Waals surface area contributed by atoms with Crippen molar-refractivity contribution in [1.82, 2.24) is 4.90 Å². The van der Waals surface area contributed by atoms with Gasteiger partial charge in [0.25, 0.3) is 5.91 Å². The lowest BCUT2D eigenvalue weighted by atomic mass is 9.85. The van der Waals surface area contributed by atoms with Crippen LogP contribution in [0.25, 0.3) is 0 Å². The molecule has 0 bridgehead atoms. The first-order valence-electron chi connectivity index (χ1n) is 7.22. The number of rotatable bonds is 3. The number of anilines is 1. The molecule has 0 aromatic heterocycles. The van der Waals surface area contributed by atoms with Gasteiger partial charge in [0.15, 0.2) is 6.61 Å². The second kappa shape index (κ2) is 6.16. The summed E-state index contributed by atoms with van der Waals surface area (Å²) >= 11 is 0. The first-order valence-corrected chi connectivity index (χ1v) is 7.22. The number of benzene rings is 1. The lowest BCUT2D eigenvalue weighted by molar-refractivity contribution is -0.133. The zero-order valence-corrected chi connectivity index (χ0v) is 12.4. The van der Waals surface area contributed by atoms with Crippen molar-refractivity contribution in [3.63, 3.8) is 0 Å². The van der Waals surface area contributed by atoms with E-state index in [2.05, 4.69) is 13.8 Å². The smallest absolute Gasteiger partial charge is 0.260 e. The predicted octanol–water partition coefficient (Wildman–Crippen LogP) is 2.69. The summed E-state index contributed by atoms with van der Waals surface area (Å²) in [6.07, 6.45) is 3.30. The topological polar surface area (TPSA) is 55.6 Å². The van der Waals surface area contributed by atoms with Crippen LogP contribution in [0.15, 0.2) is 24.3 Å². The van der Waals surface area contributed by atoms with Gasteiger partial charge in [0.2, 0.25) is 0 Å². The third-order valence-corrected chi connectivity index (χ3v) is 3.94. The van der Waals surface area contributed by atoms with Crippen LogP contribution >= 0.6 is 0 Å². The van der Waals surface area contributed by atoms with Crippen molar-refractivity contribution in [2.75, 3.05) is 25.4 Å². The highest BCUT2D eigenvalue weighted by molar-refractivity contribution is 5.77. The van der Waals surface area contributed by atoms with Crippen molar-refractivity contribution < 1.29 is 9.53 Å². The monoisotopic (exact) mass is 276 g/mol.